The molecule has 0 spiro atoms. The summed E-state index contributed by atoms with van der Waals surface area (Å²) in [7, 11) is 0. The largest absolute Gasteiger partial charge is 0.455 e. The van der Waals surface area contributed by atoms with E-state index in [1.165, 1.54) is 11.8 Å². The minimum Gasteiger partial charge on any atom is -0.455 e. The van der Waals surface area contributed by atoms with Crippen LogP contribution in [-0.2, 0) is 14.3 Å². The highest BCUT2D eigenvalue weighted by atomic mass is 35.5. The summed E-state index contributed by atoms with van der Waals surface area (Å²) < 4.78 is 5.07. The highest BCUT2D eigenvalue weighted by Crippen LogP contribution is 2.38. The maximum atomic E-state index is 12.1. The van der Waals surface area contributed by atoms with E-state index < -0.39 is 0 Å². The van der Waals surface area contributed by atoms with Gasteiger partial charge in [0.05, 0.1) is 11.6 Å². The topological polar surface area (TPSA) is 55.4 Å². The van der Waals surface area contributed by atoms with E-state index in [0.29, 0.717) is 16.6 Å². The van der Waals surface area contributed by atoms with Crippen molar-refractivity contribution in [2.75, 3.05) is 11.9 Å². The van der Waals surface area contributed by atoms with E-state index in [1.807, 2.05) is 55.5 Å². The van der Waals surface area contributed by atoms with Gasteiger partial charge >= 0.3 is 5.97 Å². The number of esters is 1. The molecule has 0 heterocycles. The first-order valence-corrected chi connectivity index (χ1v) is 9.21. The number of anilines is 1. The molecule has 1 saturated carbocycles. The number of para-hydroxylation sites is 1. The quantitative estimate of drug-likeness (QED) is 0.748. The van der Waals surface area contributed by atoms with E-state index in [1.54, 1.807) is 0 Å². The second kappa shape index (κ2) is 7.93. The molecule has 1 N–H and O–H groups in total. The number of nitrogens with one attached hydrogen (secondary N) is 1. The van der Waals surface area contributed by atoms with E-state index in [9.17, 15) is 9.59 Å². The van der Waals surface area contributed by atoms with Crippen molar-refractivity contribution >= 4 is 40.9 Å². The van der Waals surface area contributed by atoms with Gasteiger partial charge in [-0.3, -0.25) is 9.59 Å². The third-order valence-corrected chi connectivity index (χ3v) is 5.30. The normalized spacial score (nSPS) is 18.5. The monoisotopic (exact) mass is 375 g/mol. The van der Waals surface area contributed by atoms with Gasteiger partial charge in [0, 0.05) is 14.8 Å². The fourth-order valence-electron chi connectivity index (χ4n) is 2.37. The van der Waals surface area contributed by atoms with Crippen molar-refractivity contribution in [1.29, 1.82) is 0 Å². The Labute approximate surface area is 155 Å². The molecule has 1 aliphatic carbocycles. The smallest absolute Gasteiger partial charge is 0.309 e. The average Bonchev–Trinajstić information content (AvgIpc) is 3.33. The predicted molar refractivity (Wildman–Crippen MR) is 98.9 cm³/mol. The zero-order valence-corrected chi connectivity index (χ0v) is 15.3. The molecule has 0 saturated heterocycles. The van der Waals surface area contributed by atoms with Crippen molar-refractivity contribution in [3.8, 4) is 0 Å². The highest BCUT2D eigenvalue weighted by molar-refractivity contribution is 7.99. The van der Waals surface area contributed by atoms with Crippen molar-refractivity contribution in [1.82, 2.24) is 0 Å². The lowest BCUT2D eigenvalue weighted by Gasteiger charge is -2.11. The fourth-order valence-corrected chi connectivity index (χ4v) is 3.40. The van der Waals surface area contributed by atoms with Gasteiger partial charge in [0.25, 0.3) is 5.91 Å². The zero-order chi connectivity index (χ0) is 17.8. The molecule has 0 bridgehead atoms. The van der Waals surface area contributed by atoms with Crippen LogP contribution in [0.4, 0.5) is 5.69 Å². The standard InChI is InChI=1S/C19H18ClNO3S/c1-12-10-15(12)19(23)24-11-18(22)21-16-4-2-3-5-17(16)25-14-8-6-13(20)7-9-14/h2-9,12,15H,10-11H2,1H3,(H,21,22)/t12-,15+/m1/s1. The van der Waals surface area contributed by atoms with Crippen LogP contribution >= 0.6 is 23.4 Å². The third kappa shape index (κ3) is 5.00. The minimum atomic E-state index is -0.342. The summed E-state index contributed by atoms with van der Waals surface area (Å²) in [6.07, 6.45) is 0.848. The Hall–Kier alpha value is -1.98. The van der Waals surface area contributed by atoms with Crippen LogP contribution in [0, 0.1) is 11.8 Å². The number of carbonyl (C=O) groups excluding carboxylic acids is 2. The maximum absolute atomic E-state index is 12.1. The van der Waals surface area contributed by atoms with Gasteiger partial charge in [-0.15, -0.1) is 0 Å². The molecule has 2 aromatic rings. The number of amides is 1. The Morgan fingerprint density at radius 3 is 2.56 bits per heavy atom. The number of hydrogen-bond donors (Lipinski definition) is 1. The van der Waals surface area contributed by atoms with Crippen molar-refractivity contribution in [3.63, 3.8) is 0 Å². The Bertz CT molecular complexity index is 778. The molecule has 0 aromatic heterocycles. The Balaban J connectivity index is 1.59. The van der Waals surface area contributed by atoms with Crippen LogP contribution in [-0.4, -0.2) is 18.5 Å². The third-order valence-electron chi connectivity index (χ3n) is 3.96. The van der Waals surface area contributed by atoms with Crippen LogP contribution in [0.3, 0.4) is 0 Å². The van der Waals surface area contributed by atoms with E-state index in [2.05, 4.69) is 5.32 Å². The molecule has 3 rings (SSSR count). The second-order valence-corrected chi connectivity index (χ2v) is 7.58. The van der Waals surface area contributed by atoms with Gasteiger partial charge in [-0.2, -0.15) is 0 Å². The molecule has 2 aromatic carbocycles. The molecule has 130 valence electrons. The second-order valence-electron chi connectivity index (χ2n) is 6.03. The van der Waals surface area contributed by atoms with Crippen LogP contribution in [0.15, 0.2) is 58.3 Å². The number of ether oxygens (including phenoxy) is 1. The molecule has 2 atom stereocenters. The number of hydrogen-bond acceptors (Lipinski definition) is 4. The molecule has 1 aliphatic rings. The molecule has 1 fully saturated rings. The number of benzene rings is 2. The summed E-state index contributed by atoms with van der Waals surface area (Å²) >= 11 is 7.43. The van der Waals surface area contributed by atoms with Gasteiger partial charge in [-0.05, 0) is 48.7 Å². The molecule has 6 heteroatoms. The lowest BCUT2D eigenvalue weighted by Crippen LogP contribution is -2.22. The Morgan fingerprint density at radius 1 is 1.20 bits per heavy atom. The first-order chi connectivity index (χ1) is 12.0. The van der Waals surface area contributed by atoms with Crippen LogP contribution in [0.25, 0.3) is 0 Å². The van der Waals surface area contributed by atoms with E-state index >= 15 is 0 Å². The van der Waals surface area contributed by atoms with Gasteiger partial charge in [-0.1, -0.05) is 42.4 Å². The van der Waals surface area contributed by atoms with Crippen molar-refractivity contribution in [3.05, 3.63) is 53.6 Å². The molecule has 25 heavy (non-hydrogen) atoms. The molecular formula is C19H18ClNO3S. The predicted octanol–water partition coefficient (Wildman–Crippen LogP) is 4.63. The molecule has 0 radical (unpaired) electrons. The molecule has 0 aliphatic heterocycles. The van der Waals surface area contributed by atoms with Gasteiger partial charge in [0.2, 0.25) is 0 Å². The maximum Gasteiger partial charge on any atom is 0.309 e. The van der Waals surface area contributed by atoms with Gasteiger partial charge in [0.15, 0.2) is 6.61 Å². The number of carbonyl (C=O) groups is 2. The highest BCUT2D eigenvalue weighted by Gasteiger charge is 2.40. The first kappa shape index (κ1) is 17.8. The minimum absolute atomic E-state index is 0.0412. The van der Waals surface area contributed by atoms with Crippen LogP contribution in [0.1, 0.15) is 13.3 Å². The fraction of sp³-hybridized carbons (Fsp3) is 0.263. The summed E-state index contributed by atoms with van der Waals surface area (Å²) in [5.41, 5.74) is 0.684. The van der Waals surface area contributed by atoms with Gasteiger partial charge < -0.3 is 10.1 Å². The first-order valence-electron chi connectivity index (χ1n) is 8.02. The lowest BCUT2D eigenvalue weighted by molar-refractivity contribution is -0.148. The van der Waals surface area contributed by atoms with Crippen molar-refractivity contribution in [2.24, 2.45) is 11.8 Å². The van der Waals surface area contributed by atoms with Gasteiger partial charge in [0.1, 0.15) is 0 Å². The molecule has 1 amide bonds. The Morgan fingerprint density at radius 2 is 1.88 bits per heavy atom. The summed E-state index contributed by atoms with van der Waals surface area (Å²) in [5, 5.41) is 3.48. The molecule has 0 unspecified atom stereocenters. The van der Waals surface area contributed by atoms with Crippen LogP contribution in [0.2, 0.25) is 5.02 Å². The zero-order valence-electron chi connectivity index (χ0n) is 13.7. The molecule has 4 nitrogen and oxygen atoms in total. The molecular weight excluding hydrogens is 358 g/mol. The van der Waals surface area contributed by atoms with Crippen molar-refractivity contribution in [2.45, 2.75) is 23.1 Å². The number of halogens is 1. The van der Waals surface area contributed by atoms with Gasteiger partial charge in [-0.25, -0.2) is 0 Å². The van der Waals surface area contributed by atoms with E-state index in [4.69, 9.17) is 16.3 Å². The summed E-state index contributed by atoms with van der Waals surface area (Å²) in [6, 6.07) is 15.0. The van der Waals surface area contributed by atoms with E-state index in [0.717, 1.165) is 16.2 Å². The Kier molecular flexibility index (Phi) is 5.66. The lowest BCUT2D eigenvalue weighted by atomic mass is 10.3. The average molecular weight is 376 g/mol. The summed E-state index contributed by atoms with van der Waals surface area (Å²) in [5.74, 6) is -0.301. The SMILES string of the molecule is C[C@@H]1C[C@@H]1C(=O)OCC(=O)Nc1ccccc1Sc1ccc(Cl)cc1. The van der Waals surface area contributed by atoms with Crippen molar-refractivity contribution < 1.29 is 14.3 Å². The summed E-state index contributed by atoms with van der Waals surface area (Å²) in [4.78, 5) is 25.7. The summed E-state index contributed by atoms with van der Waals surface area (Å²) in [6.45, 7) is 1.73. The van der Waals surface area contributed by atoms with Crippen LogP contribution < -0.4 is 5.32 Å². The van der Waals surface area contributed by atoms with E-state index in [-0.39, 0.29) is 24.4 Å². The number of rotatable bonds is 6. The van der Waals surface area contributed by atoms with Crippen LogP contribution in [0.5, 0.6) is 0 Å².